The van der Waals surface area contributed by atoms with E-state index in [0.29, 0.717) is 27.9 Å². The van der Waals surface area contributed by atoms with E-state index in [9.17, 15) is 18.0 Å². The number of ether oxygens (including phenoxy) is 2. The average Bonchev–Trinajstić information content (AvgIpc) is 2.98. The minimum absolute atomic E-state index is 0.0200. The van der Waals surface area contributed by atoms with Crippen molar-refractivity contribution in [3.8, 4) is 11.5 Å². The van der Waals surface area contributed by atoms with Gasteiger partial charge in [-0.05, 0) is 62.2 Å². The van der Waals surface area contributed by atoms with Gasteiger partial charge in [-0.3, -0.25) is 13.9 Å². The summed E-state index contributed by atoms with van der Waals surface area (Å²) in [6, 6.07) is 14.9. The van der Waals surface area contributed by atoms with Crippen LogP contribution in [0.1, 0.15) is 37.8 Å². The number of sulfonamides is 1. The molecule has 43 heavy (non-hydrogen) atoms. The third-order valence-electron chi connectivity index (χ3n) is 6.90. The molecule has 0 aliphatic carbocycles. The molecule has 0 saturated heterocycles. The zero-order valence-electron chi connectivity index (χ0n) is 24.9. The van der Waals surface area contributed by atoms with Crippen molar-refractivity contribution in [1.29, 1.82) is 0 Å². The summed E-state index contributed by atoms with van der Waals surface area (Å²) in [6.07, 6.45) is 1.65. The van der Waals surface area contributed by atoms with E-state index < -0.39 is 28.5 Å². The maximum atomic E-state index is 14.2. The van der Waals surface area contributed by atoms with E-state index in [1.165, 1.54) is 37.3 Å². The molecule has 0 aliphatic heterocycles. The average molecular weight is 651 g/mol. The molecule has 3 aromatic carbocycles. The van der Waals surface area contributed by atoms with E-state index in [0.717, 1.165) is 22.7 Å². The molecule has 3 aromatic rings. The lowest BCUT2D eigenvalue weighted by atomic mass is 10.1. The fourth-order valence-electron chi connectivity index (χ4n) is 4.29. The van der Waals surface area contributed by atoms with Gasteiger partial charge in [0.25, 0.3) is 10.0 Å². The lowest BCUT2D eigenvalue weighted by molar-refractivity contribution is -0.139. The molecule has 0 aliphatic rings. The number of hydrogen-bond acceptors (Lipinski definition) is 6. The molecule has 1 atom stereocenters. The Morgan fingerprint density at radius 2 is 1.67 bits per heavy atom. The summed E-state index contributed by atoms with van der Waals surface area (Å²) in [6.45, 7) is 5.17. The van der Waals surface area contributed by atoms with Crippen molar-refractivity contribution >= 4 is 50.7 Å². The number of anilines is 1. The Morgan fingerprint density at radius 3 is 2.28 bits per heavy atom. The molecular weight excluding hydrogens is 613 g/mol. The number of methoxy groups -OCH3 is 2. The minimum atomic E-state index is -4.30. The number of halogens is 2. The topological polar surface area (TPSA) is 105 Å². The largest absolute Gasteiger partial charge is 0.497 e. The molecule has 1 N–H and O–H groups in total. The molecule has 0 radical (unpaired) electrons. The monoisotopic (exact) mass is 649 g/mol. The number of aryl methyl sites for hydroxylation is 1. The van der Waals surface area contributed by atoms with E-state index >= 15 is 0 Å². The van der Waals surface area contributed by atoms with Crippen LogP contribution in [0.3, 0.4) is 0 Å². The van der Waals surface area contributed by atoms with Gasteiger partial charge in [0.05, 0.1) is 24.8 Å². The molecule has 9 nitrogen and oxygen atoms in total. The summed E-state index contributed by atoms with van der Waals surface area (Å²) in [4.78, 5) is 28.6. The Balaban J connectivity index is 2.11. The predicted octanol–water partition coefficient (Wildman–Crippen LogP) is 5.85. The van der Waals surface area contributed by atoms with Crippen molar-refractivity contribution in [2.75, 3.05) is 31.6 Å². The maximum Gasteiger partial charge on any atom is 0.264 e. The zero-order chi connectivity index (χ0) is 31.7. The highest BCUT2D eigenvalue weighted by Crippen LogP contribution is 2.36. The van der Waals surface area contributed by atoms with Crippen molar-refractivity contribution < 1.29 is 27.5 Å². The maximum absolute atomic E-state index is 14.2. The minimum Gasteiger partial charge on any atom is -0.497 e. The summed E-state index contributed by atoms with van der Waals surface area (Å²) in [5.41, 5.74) is 1.51. The molecule has 0 bridgehead atoms. The zero-order valence-corrected chi connectivity index (χ0v) is 27.2. The standard InChI is InChI=1S/C31H37Cl2N3O6S/c1-6-7-16-34-31(38)22(3)35(19-23-10-11-24(32)17-27(23)33)30(37)20-36(28-18-25(41-4)12-15-29(28)42-5)43(39,40)26-13-8-21(2)9-14-26/h8-15,17-18,22H,6-7,16,19-20H2,1-5H3,(H,34,38). The molecule has 0 heterocycles. The van der Waals surface area contributed by atoms with Gasteiger partial charge in [0.1, 0.15) is 24.1 Å². The number of benzene rings is 3. The van der Waals surface area contributed by atoms with Gasteiger partial charge in [0.2, 0.25) is 11.8 Å². The first-order valence-corrected chi connectivity index (χ1v) is 15.9. The van der Waals surface area contributed by atoms with E-state index in [4.69, 9.17) is 32.7 Å². The van der Waals surface area contributed by atoms with Crippen molar-refractivity contribution in [2.24, 2.45) is 0 Å². The third-order valence-corrected chi connectivity index (χ3v) is 9.26. The molecule has 0 aromatic heterocycles. The van der Waals surface area contributed by atoms with Gasteiger partial charge < -0.3 is 19.7 Å². The second-order valence-corrected chi connectivity index (χ2v) is 12.6. The lowest BCUT2D eigenvalue weighted by Crippen LogP contribution is -2.51. The highest BCUT2D eigenvalue weighted by molar-refractivity contribution is 7.92. The van der Waals surface area contributed by atoms with Gasteiger partial charge in [-0.2, -0.15) is 0 Å². The molecular formula is C31H37Cl2N3O6S. The van der Waals surface area contributed by atoms with Crippen LogP contribution in [-0.2, 0) is 26.2 Å². The van der Waals surface area contributed by atoms with E-state index in [1.54, 1.807) is 49.4 Å². The van der Waals surface area contributed by atoms with Crippen LogP contribution < -0.4 is 19.1 Å². The quantitative estimate of drug-likeness (QED) is 0.220. The molecule has 0 saturated carbocycles. The van der Waals surface area contributed by atoms with Crippen molar-refractivity contribution in [1.82, 2.24) is 10.2 Å². The number of nitrogens with zero attached hydrogens (tertiary/aromatic N) is 2. The van der Waals surface area contributed by atoms with Gasteiger partial charge in [-0.1, -0.05) is 60.3 Å². The predicted molar refractivity (Wildman–Crippen MR) is 170 cm³/mol. The Kier molecular flexibility index (Phi) is 12.1. The number of carbonyl (C=O) groups is 2. The molecule has 0 fully saturated rings. The second-order valence-electron chi connectivity index (χ2n) is 9.94. The second kappa shape index (κ2) is 15.3. The molecule has 0 spiro atoms. The summed E-state index contributed by atoms with van der Waals surface area (Å²) in [5.74, 6) is -0.439. The van der Waals surface area contributed by atoms with Crippen LogP contribution in [0.25, 0.3) is 0 Å². The Bertz CT molecular complexity index is 1530. The van der Waals surface area contributed by atoms with Gasteiger partial charge in [0.15, 0.2) is 0 Å². The first-order chi connectivity index (χ1) is 20.4. The number of amides is 2. The van der Waals surface area contributed by atoms with Gasteiger partial charge >= 0.3 is 0 Å². The van der Waals surface area contributed by atoms with E-state index in [2.05, 4.69) is 5.32 Å². The first kappa shape index (κ1) is 34.0. The number of hydrogen-bond donors (Lipinski definition) is 1. The third kappa shape index (κ3) is 8.55. The SMILES string of the molecule is CCCCNC(=O)C(C)N(Cc1ccc(Cl)cc1Cl)C(=O)CN(c1cc(OC)ccc1OC)S(=O)(=O)c1ccc(C)cc1. The molecule has 2 amide bonds. The normalized spacial score (nSPS) is 11.9. The van der Waals surface area contributed by atoms with Crippen molar-refractivity contribution in [3.63, 3.8) is 0 Å². The molecule has 1 unspecified atom stereocenters. The molecule has 3 rings (SSSR count). The summed E-state index contributed by atoms with van der Waals surface area (Å²) in [5, 5.41) is 3.57. The van der Waals surface area contributed by atoms with Crippen LogP contribution in [0.15, 0.2) is 65.6 Å². The summed E-state index contributed by atoms with van der Waals surface area (Å²) in [7, 11) is -1.45. The summed E-state index contributed by atoms with van der Waals surface area (Å²) < 4.78 is 40.1. The van der Waals surface area contributed by atoms with Gasteiger partial charge in [-0.15, -0.1) is 0 Å². The number of carbonyl (C=O) groups excluding carboxylic acids is 2. The van der Waals surface area contributed by atoms with Crippen LogP contribution in [0, 0.1) is 6.92 Å². The van der Waals surface area contributed by atoms with Gasteiger partial charge in [0, 0.05) is 29.2 Å². The fraction of sp³-hybridized carbons (Fsp3) is 0.355. The summed E-state index contributed by atoms with van der Waals surface area (Å²) >= 11 is 12.5. The van der Waals surface area contributed by atoms with E-state index in [1.807, 2.05) is 13.8 Å². The lowest BCUT2D eigenvalue weighted by Gasteiger charge is -2.32. The van der Waals surface area contributed by atoms with E-state index in [-0.39, 0.29) is 28.8 Å². The highest BCUT2D eigenvalue weighted by atomic mass is 35.5. The molecule has 12 heteroatoms. The van der Waals surface area contributed by atoms with Crippen LogP contribution >= 0.6 is 23.2 Å². The van der Waals surface area contributed by atoms with Gasteiger partial charge in [-0.25, -0.2) is 8.42 Å². The first-order valence-electron chi connectivity index (χ1n) is 13.8. The Morgan fingerprint density at radius 1 is 0.977 bits per heavy atom. The Labute approximate surface area is 263 Å². The van der Waals surface area contributed by atoms with Crippen LogP contribution in [-0.4, -0.2) is 58.5 Å². The van der Waals surface area contributed by atoms with Crippen molar-refractivity contribution in [3.05, 3.63) is 81.8 Å². The van der Waals surface area contributed by atoms with Crippen molar-refractivity contribution in [2.45, 2.75) is 51.1 Å². The number of unbranched alkanes of at least 4 members (excludes halogenated alkanes) is 1. The highest BCUT2D eigenvalue weighted by Gasteiger charge is 2.34. The van der Waals surface area contributed by atoms with Crippen LogP contribution in [0.2, 0.25) is 10.0 Å². The van der Waals surface area contributed by atoms with Crippen LogP contribution in [0.5, 0.6) is 11.5 Å². The smallest absolute Gasteiger partial charge is 0.264 e. The fourth-order valence-corrected chi connectivity index (χ4v) is 6.18. The number of nitrogens with one attached hydrogen (secondary N) is 1. The number of rotatable bonds is 14. The Hall–Kier alpha value is -3.47. The van der Waals surface area contributed by atoms with Crippen LogP contribution in [0.4, 0.5) is 5.69 Å². The molecule has 232 valence electrons.